The van der Waals surface area contributed by atoms with Gasteiger partial charge in [-0.25, -0.2) is 0 Å². The minimum Gasteiger partial charge on any atom is -0.507 e. The smallest absolute Gasteiger partial charge is 0.153 e. The van der Waals surface area contributed by atoms with E-state index in [1.807, 2.05) is 12.1 Å². The quantitative estimate of drug-likeness (QED) is 0.288. The molecule has 0 atom stereocenters. The van der Waals surface area contributed by atoms with E-state index in [9.17, 15) is 19.8 Å². The number of aldehydes is 2. The Morgan fingerprint density at radius 3 is 1.26 bits per heavy atom. The van der Waals surface area contributed by atoms with Gasteiger partial charge in [-0.15, -0.1) is 0 Å². The highest BCUT2D eigenvalue weighted by Crippen LogP contribution is 2.33. The minimum atomic E-state index is -0.139. The van der Waals surface area contributed by atoms with E-state index in [4.69, 9.17) is 0 Å². The average Bonchev–Trinajstić information content (AvgIpc) is 2.82. The molecule has 2 N–H and O–H groups in total. The number of carbonyl (C=O) groups excluding carboxylic acids is 2. The highest BCUT2D eigenvalue weighted by Gasteiger charge is 2.23. The first kappa shape index (κ1) is 32.5. The Bertz CT molecular complexity index is 1050. The lowest BCUT2D eigenvalue weighted by Gasteiger charge is -2.31. The van der Waals surface area contributed by atoms with Crippen molar-refractivity contribution in [2.75, 3.05) is 13.1 Å². The molecule has 216 valence electrons. The SMILES string of the molecule is CC(C)N(CCCN(Cc1cc(C(C)(C)C)cc(C=O)c1O)C(C)C)Cc1cc(C(C)(C)C)cc(C=O)c1O. The number of hydrogen-bond donors (Lipinski definition) is 2. The van der Waals surface area contributed by atoms with Crippen LogP contribution in [0.25, 0.3) is 0 Å². The van der Waals surface area contributed by atoms with Crippen molar-refractivity contribution in [3.8, 4) is 11.5 Å². The monoisotopic (exact) mass is 538 g/mol. The van der Waals surface area contributed by atoms with Crippen LogP contribution in [0.5, 0.6) is 11.5 Å². The van der Waals surface area contributed by atoms with Crippen molar-refractivity contribution in [3.05, 3.63) is 57.6 Å². The third kappa shape index (κ3) is 8.64. The first-order chi connectivity index (χ1) is 18.0. The van der Waals surface area contributed by atoms with E-state index in [1.165, 1.54) is 0 Å². The summed E-state index contributed by atoms with van der Waals surface area (Å²) in [6, 6.07) is 8.11. The van der Waals surface area contributed by atoms with Crippen molar-refractivity contribution in [2.45, 2.75) is 112 Å². The van der Waals surface area contributed by atoms with Crippen molar-refractivity contribution >= 4 is 12.6 Å². The predicted octanol–water partition coefficient (Wildman–Crippen LogP) is 6.83. The van der Waals surface area contributed by atoms with Gasteiger partial charge in [0.15, 0.2) is 12.6 Å². The fourth-order valence-electron chi connectivity index (χ4n) is 4.68. The van der Waals surface area contributed by atoms with E-state index in [2.05, 4.69) is 79.0 Å². The van der Waals surface area contributed by atoms with Crippen LogP contribution in [-0.2, 0) is 23.9 Å². The largest absolute Gasteiger partial charge is 0.507 e. The van der Waals surface area contributed by atoms with Crippen LogP contribution in [0.3, 0.4) is 0 Å². The van der Waals surface area contributed by atoms with E-state index in [0.717, 1.165) is 54.3 Å². The van der Waals surface area contributed by atoms with E-state index >= 15 is 0 Å². The third-order valence-corrected chi connectivity index (χ3v) is 7.52. The van der Waals surface area contributed by atoms with Gasteiger partial charge in [-0.05, 0) is 81.3 Å². The Labute approximate surface area is 236 Å². The summed E-state index contributed by atoms with van der Waals surface area (Å²) in [5.41, 5.74) is 3.98. The summed E-state index contributed by atoms with van der Waals surface area (Å²) in [5, 5.41) is 21.6. The highest BCUT2D eigenvalue weighted by atomic mass is 16.3. The second-order valence-corrected chi connectivity index (χ2v) is 13.4. The van der Waals surface area contributed by atoms with Gasteiger partial charge in [0, 0.05) is 36.3 Å². The zero-order valence-electron chi connectivity index (χ0n) is 25.8. The van der Waals surface area contributed by atoms with Crippen LogP contribution in [0.1, 0.15) is 119 Å². The van der Waals surface area contributed by atoms with Gasteiger partial charge in [0.05, 0.1) is 11.1 Å². The molecule has 0 aliphatic rings. The molecule has 2 aromatic rings. The Kier molecular flexibility index (Phi) is 10.9. The summed E-state index contributed by atoms with van der Waals surface area (Å²) in [7, 11) is 0. The summed E-state index contributed by atoms with van der Waals surface area (Å²) in [6.07, 6.45) is 2.35. The molecule has 0 amide bonds. The minimum absolute atomic E-state index is 0.0626. The predicted molar refractivity (Wildman–Crippen MR) is 160 cm³/mol. The van der Waals surface area contributed by atoms with Gasteiger partial charge >= 0.3 is 0 Å². The number of rotatable bonds is 12. The number of phenolic OH excluding ortho intramolecular Hbond substituents is 2. The molecule has 0 saturated carbocycles. The van der Waals surface area contributed by atoms with Crippen LogP contribution in [0.4, 0.5) is 0 Å². The lowest BCUT2D eigenvalue weighted by atomic mass is 9.84. The molecule has 0 fully saturated rings. The average molecular weight is 539 g/mol. The first-order valence-electron chi connectivity index (χ1n) is 14.1. The molecule has 2 rings (SSSR count). The van der Waals surface area contributed by atoms with Crippen LogP contribution < -0.4 is 0 Å². The van der Waals surface area contributed by atoms with E-state index in [0.29, 0.717) is 24.2 Å². The molecule has 0 radical (unpaired) electrons. The molecule has 2 aromatic carbocycles. The van der Waals surface area contributed by atoms with Gasteiger partial charge in [-0.3, -0.25) is 19.4 Å². The van der Waals surface area contributed by atoms with Crippen LogP contribution in [-0.4, -0.2) is 57.8 Å². The lowest BCUT2D eigenvalue weighted by Crippen LogP contribution is -2.36. The molecule has 0 aromatic heterocycles. The fraction of sp³-hybridized carbons (Fsp3) is 0.576. The number of carbonyl (C=O) groups is 2. The first-order valence-corrected chi connectivity index (χ1v) is 14.1. The maximum absolute atomic E-state index is 11.7. The zero-order valence-corrected chi connectivity index (χ0v) is 25.8. The zero-order chi connectivity index (χ0) is 29.7. The van der Waals surface area contributed by atoms with E-state index in [1.54, 1.807) is 12.1 Å². The standard InChI is InChI=1S/C33H50N2O4/c1-22(2)34(18-24-14-28(32(5,6)7)16-26(20-36)30(24)38)12-11-13-35(23(3)4)19-25-15-29(33(8,9)10)17-27(21-37)31(25)39/h14-17,20-23,38-39H,11-13,18-19H2,1-10H3. The molecule has 0 unspecified atom stereocenters. The Morgan fingerprint density at radius 1 is 0.667 bits per heavy atom. The van der Waals surface area contributed by atoms with Crippen molar-refractivity contribution in [1.29, 1.82) is 0 Å². The molecule has 6 heteroatoms. The second kappa shape index (κ2) is 13.1. The molecule has 0 aliphatic heterocycles. The molecule has 6 nitrogen and oxygen atoms in total. The fourth-order valence-corrected chi connectivity index (χ4v) is 4.68. The molecular formula is C33H50N2O4. The summed E-state index contributed by atoms with van der Waals surface area (Å²) in [6.45, 7) is 23.9. The van der Waals surface area contributed by atoms with Gasteiger partial charge < -0.3 is 10.2 Å². The normalized spacial score (nSPS) is 12.7. The van der Waals surface area contributed by atoms with Crippen LogP contribution in [0.2, 0.25) is 0 Å². The lowest BCUT2D eigenvalue weighted by molar-refractivity contribution is 0.111. The second-order valence-electron chi connectivity index (χ2n) is 13.4. The molecule has 0 spiro atoms. The van der Waals surface area contributed by atoms with Gasteiger partial charge in [-0.1, -0.05) is 53.7 Å². The number of hydrogen-bond acceptors (Lipinski definition) is 6. The topological polar surface area (TPSA) is 81.1 Å². The summed E-state index contributed by atoms with van der Waals surface area (Å²) < 4.78 is 0. The van der Waals surface area contributed by atoms with Gasteiger partial charge in [0.2, 0.25) is 0 Å². The Balaban J connectivity index is 2.23. The summed E-state index contributed by atoms with van der Waals surface area (Å²) in [5.74, 6) is 0.125. The molecule has 0 heterocycles. The van der Waals surface area contributed by atoms with E-state index < -0.39 is 0 Å². The van der Waals surface area contributed by atoms with Crippen molar-refractivity contribution in [2.24, 2.45) is 0 Å². The van der Waals surface area contributed by atoms with Gasteiger partial charge in [-0.2, -0.15) is 0 Å². The van der Waals surface area contributed by atoms with Crippen LogP contribution >= 0.6 is 0 Å². The van der Waals surface area contributed by atoms with Crippen molar-refractivity contribution in [1.82, 2.24) is 9.80 Å². The number of phenols is 2. The van der Waals surface area contributed by atoms with E-state index in [-0.39, 0.29) is 34.4 Å². The number of aromatic hydroxyl groups is 2. The molecule has 0 saturated heterocycles. The van der Waals surface area contributed by atoms with Gasteiger partial charge in [0.25, 0.3) is 0 Å². The number of nitrogens with zero attached hydrogens (tertiary/aromatic N) is 2. The van der Waals surface area contributed by atoms with Gasteiger partial charge in [0.1, 0.15) is 11.5 Å². The Hall–Kier alpha value is -2.70. The summed E-state index contributed by atoms with van der Waals surface area (Å²) in [4.78, 5) is 28.0. The number of benzene rings is 2. The maximum Gasteiger partial charge on any atom is 0.153 e. The third-order valence-electron chi connectivity index (χ3n) is 7.52. The maximum atomic E-state index is 11.7. The Morgan fingerprint density at radius 2 is 1.00 bits per heavy atom. The molecule has 39 heavy (non-hydrogen) atoms. The highest BCUT2D eigenvalue weighted by molar-refractivity contribution is 5.81. The van der Waals surface area contributed by atoms with Crippen molar-refractivity contribution < 1.29 is 19.8 Å². The van der Waals surface area contributed by atoms with Crippen LogP contribution in [0, 0.1) is 0 Å². The molecule has 0 bridgehead atoms. The van der Waals surface area contributed by atoms with Crippen molar-refractivity contribution in [3.63, 3.8) is 0 Å². The summed E-state index contributed by atoms with van der Waals surface area (Å²) >= 11 is 0. The molecular weight excluding hydrogens is 488 g/mol. The molecule has 0 aliphatic carbocycles. The van der Waals surface area contributed by atoms with Crippen LogP contribution in [0.15, 0.2) is 24.3 Å².